The Labute approximate surface area is 237 Å². The molecule has 0 aliphatic heterocycles. The second-order valence-corrected chi connectivity index (χ2v) is 11.0. The van der Waals surface area contributed by atoms with Gasteiger partial charge in [-0.25, -0.2) is 4.79 Å². The van der Waals surface area contributed by atoms with Gasteiger partial charge in [0.25, 0.3) is 5.91 Å². The van der Waals surface area contributed by atoms with Crippen molar-refractivity contribution in [3.8, 4) is 16.9 Å². The van der Waals surface area contributed by atoms with E-state index in [0.717, 1.165) is 53.7 Å². The first-order chi connectivity index (χ1) is 19.4. The Morgan fingerprint density at radius 1 is 1.02 bits per heavy atom. The van der Waals surface area contributed by atoms with Crippen LogP contribution in [0.2, 0.25) is 5.02 Å². The number of aryl methyl sites for hydroxylation is 2. The molecule has 1 aliphatic carbocycles. The quantitative estimate of drug-likeness (QED) is 0.299. The number of aromatic nitrogens is 5. The van der Waals surface area contributed by atoms with Gasteiger partial charge in [-0.05, 0) is 80.5 Å². The number of carbonyl (C=O) groups is 1. The van der Waals surface area contributed by atoms with Crippen LogP contribution in [0.25, 0.3) is 28.0 Å². The monoisotopic (exact) mass is 554 g/mol. The van der Waals surface area contributed by atoms with Gasteiger partial charge in [0, 0.05) is 32.0 Å². The van der Waals surface area contributed by atoms with Gasteiger partial charge in [-0.15, -0.1) is 0 Å². The van der Waals surface area contributed by atoms with Gasteiger partial charge in [0.05, 0.1) is 38.7 Å². The van der Waals surface area contributed by atoms with Crippen LogP contribution in [0, 0.1) is 12.8 Å². The fraction of sp³-hybridized carbons (Fsp3) is 0.290. The molecule has 1 amide bonds. The summed E-state index contributed by atoms with van der Waals surface area (Å²) in [4.78, 5) is 30.8. The Morgan fingerprint density at radius 3 is 2.45 bits per heavy atom. The number of fused-ring (bicyclic) bond motifs is 1. The molecule has 40 heavy (non-hydrogen) atoms. The van der Waals surface area contributed by atoms with Crippen LogP contribution >= 0.6 is 11.6 Å². The molecule has 1 fully saturated rings. The summed E-state index contributed by atoms with van der Waals surface area (Å²) in [6.07, 6.45) is 6.93. The third-order valence-corrected chi connectivity index (χ3v) is 8.21. The first kappa shape index (κ1) is 26.1. The van der Waals surface area contributed by atoms with E-state index in [9.17, 15) is 9.59 Å². The summed E-state index contributed by atoms with van der Waals surface area (Å²) in [5.74, 6) is 0.219. The van der Waals surface area contributed by atoms with Crippen LogP contribution in [-0.4, -0.2) is 35.8 Å². The molecule has 5 aromatic rings. The molecular formula is C31H31ClN6O2. The van der Waals surface area contributed by atoms with E-state index in [1.807, 2.05) is 77.8 Å². The Hall–Kier alpha value is -4.17. The zero-order valence-electron chi connectivity index (χ0n) is 22.5. The molecule has 0 unspecified atom stereocenters. The standard InChI is InChI=1S/C31H31ClN6O2/c1-20-26(17-23(32)18-33-20)30(39)35-24-11-7-21(8-12-24)19-37-28-5-3-4-6-29(28)38(31(37)40)25-13-9-22(10-14-25)27-15-16-34-36(27)2/h3-6,9-10,13-18,21,24H,7-8,11-12,19H2,1-2H3,(H,35,39). The van der Waals surface area contributed by atoms with Crippen LogP contribution < -0.4 is 11.0 Å². The number of rotatable bonds is 6. The number of pyridine rings is 1. The third kappa shape index (κ3) is 4.95. The van der Waals surface area contributed by atoms with Gasteiger partial charge in [-0.1, -0.05) is 35.9 Å². The molecule has 6 rings (SSSR count). The number of nitrogens with one attached hydrogen (secondary N) is 1. The maximum absolute atomic E-state index is 13.8. The van der Waals surface area contributed by atoms with Crippen LogP contribution in [0.5, 0.6) is 0 Å². The van der Waals surface area contributed by atoms with E-state index in [4.69, 9.17) is 11.6 Å². The molecular weight excluding hydrogens is 524 g/mol. The molecule has 2 aromatic carbocycles. The van der Waals surface area contributed by atoms with Crippen molar-refractivity contribution < 1.29 is 4.79 Å². The first-order valence-corrected chi connectivity index (χ1v) is 14.0. The average Bonchev–Trinajstić information content (AvgIpc) is 3.51. The Morgan fingerprint density at radius 2 is 1.75 bits per heavy atom. The maximum atomic E-state index is 13.8. The minimum Gasteiger partial charge on any atom is -0.349 e. The third-order valence-electron chi connectivity index (χ3n) is 8.00. The number of benzene rings is 2. The minimum atomic E-state index is -0.135. The Bertz CT molecular complexity index is 1740. The number of amides is 1. The molecule has 8 nitrogen and oxygen atoms in total. The molecule has 0 atom stereocenters. The van der Waals surface area contributed by atoms with Crippen molar-refractivity contribution in [3.63, 3.8) is 0 Å². The lowest BCUT2D eigenvalue weighted by Gasteiger charge is -2.29. The summed E-state index contributed by atoms with van der Waals surface area (Å²) in [5, 5.41) is 7.87. The van der Waals surface area contributed by atoms with Crippen LogP contribution in [0.15, 0.2) is 77.9 Å². The molecule has 0 radical (unpaired) electrons. The van der Waals surface area contributed by atoms with Crippen LogP contribution in [0.4, 0.5) is 0 Å². The summed E-state index contributed by atoms with van der Waals surface area (Å²) in [6, 6.07) is 19.7. The number of hydrogen-bond donors (Lipinski definition) is 1. The van der Waals surface area contributed by atoms with Crippen molar-refractivity contribution in [2.24, 2.45) is 13.0 Å². The van der Waals surface area contributed by atoms with Crippen molar-refractivity contribution >= 4 is 28.5 Å². The van der Waals surface area contributed by atoms with Gasteiger partial charge in [-0.2, -0.15) is 5.10 Å². The lowest BCUT2D eigenvalue weighted by molar-refractivity contribution is 0.0919. The van der Waals surface area contributed by atoms with E-state index < -0.39 is 0 Å². The largest absolute Gasteiger partial charge is 0.349 e. The van der Waals surface area contributed by atoms with E-state index in [2.05, 4.69) is 15.4 Å². The van der Waals surface area contributed by atoms with Crippen molar-refractivity contribution in [1.82, 2.24) is 29.2 Å². The van der Waals surface area contributed by atoms with Crippen molar-refractivity contribution in [2.45, 2.75) is 45.2 Å². The zero-order valence-corrected chi connectivity index (χ0v) is 23.3. The van der Waals surface area contributed by atoms with Gasteiger partial charge >= 0.3 is 5.69 Å². The SMILES string of the molecule is Cc1ncc(Cl)cc1C(=O)NC1CCC(Cn2c(=O)n(-c3ccc(-c4ccnn4C)cc3)c3ccccc32)CC1. The highest BCUT2D eigenvalue weighted by Gasteiger charge is 2.25. The Kier molecular flexibility index (Phi) is 7.02. The van der Waals surface area contributed by atoms with Gasteiger partial charge in [-0.3, -0.25) is 23.6 Å². The highest BCUT2D eigenvalue weighted by molar-refractivity contribution is 6.30. The number of nitrogens with zero attached hydrogens (tertiary/aromatic N) is 5. The van der Waals surface area contributed by atoms with Crippen molar-refractivity contribution in [3.05, 3.63) is 99.8 Å². The van der Waals surface area contributed by atoms with E-state index >= 15 is 0 Å². The van der Waals surface area contributed by atoms with E-state index in [1.165, 1.54) is 0 Å². The number of carbonyl (C=O) groups excluding carboxylic acids is 1. The predicted octanol–water partition coefficient (Wildman–Crippen LogP) is 5.54. The highest BCUT2D eigenvalue weighted by atomic mass is 35.5. The molecule has 3 heterocycles. The molecule has 0 spiro atoms. The number of hydrogen-bond acceptors (Lipinski definition) is 4. The molecule has 9 heteroatoms. The van der Waals surface area contributed by atoms with Crippen molar-refractivity contribution in [1.29, 1.82) is 0 Å². The lowest BCUT2D eigenvalue weighted by atomic mass is 9.85. The topological polar surface area (TPSA) is 86.7 Å². The lowest BCUT2D eigenvalue weighted by Crippen LogP contribution is -2.39. The van der Waals surface area contributed by atoms with Crippen LogP contribution in [0.1, 0.15) is 41.7 Å². The van der Waals surface area contributed by atoms with Crippen LogP contribution in [-0.2, 0) is 13.6 Å². The van der Waals surface area contributed by atoms with Crippen molar-refractivity contribution in [2.75, 3.05) is 0 Å². The summed E-state index contributed by atoms with van der Waals surface area (Å²) in [7, 11) is 1.92. The van der Waals surface area contributed by atoms with E-state index in [-0.39, 0.29) is 17.6 Å². The second kappa shape index (κ2) is 10.8. The van der Waals surface area contributed by atoms with Gasteiger partial charge in [0.1, 0.15) is 0 Å². The molecule has 1 aliphatic rings. The molecule has 204 valence electrons. The summed E-state index contributed by atoms with van der Waals surface area (Å²) < 4.78 is 5.55. The summed E-state index contributed by atoms with van der Waals surface area (Å²) >= 11 is 6.05. The van der Waals surface area contributed by atoms with Crippen LogP contribution in [0.3, 0.4) is 0 Å². The summed E-state index contributed by atoms with van der Waals surface area (Å²) in [6.45, 7) is 2.46. The molecule has 1 N–H and O–H groups in total. The zero-order chi connectivity index (χ0) is 27.8. The number of imidazole rings is 1. The van der Waals surface area contributed by atoms with Gasteiger partial charge in [0.15, 0.2) is 0 Å². The normalized spacial score (nSPS) is 17.3. The fourth-order valence-electron chi connectivity index (χ4n) is 5.82. The minimum absolute atomic E-state index is 0.0335. The second-order valence-electron chi connectivity index (χ2n) is 10.6. The average molecular weight is 555 g/mol. The highest BCUT2D eigenvalue weighted by Crippen LogP contribution is 2.28. The van der Waals surface area contributed by atoms with Gasteiger partial charge in [0.2, 0.25) is 0 Å². The molecule has 1 saturated carbocycles. The molecule has 0 saturated heterocycles. The van der Waals surface area contributed by atoms with Gasteiger partial charge < -0.3 is 5.32 Å². The maximum Gasteiger partial charge on any atom is 0.333 e. The molecule has 0 bridgehead atoms. The smallest absolute Gasteiger partial charge is 0.333 e. The van der Waals surface area contributed by atoms with E-state index in [0.29, 0.717) is 28.7 Å². The molecule has 3 aromatic heterocycles. The predicted molar refractivity (Wildman–Crippen MR) is 157 cm³/mol. The van der Waals surface area contributed by atoms with E-state index in [1.54, 1.807) is 23.0 Å². The fourth-order valence-corrected chi connectivity index (χ4v) is 5.98. The first-order valence-electron chi connectivity index (χ1n) is 13.6. The number of para-hydroxylation sites is 2. The number of halogens is 1. The summed E-state index contributed by atoms with van der Waals surface area (Å²) in [5.41, 5.74) is 5.88. The Balaban J connectivity index is 1.18.